The van der Waals surface area contributed by atoms with Crippen LogP contribution in [-0.2, 0) is 14.3 Å². The second-order valence-corrected chi connectivity index (χ2v) is 4.89. The Morgan fingerprint density at radius 1 is 1.65 bits per heavy atom. The van der Waals surface area contributed by atoms with Crippen LogP contribution >= 0.6 is 0 Å². The molecular formula is C12H24N2O3. The van der Waals surface area contributed by atoms with E-state index < -0.39 is 5.54 Å². The van der Waals surface area contributed by atoms with E-state index >= 15 is 0 Å². The molecule has 17 heavy (non-hydrogen) atoms. The molecule has 5 heteroatoms. The van der Waals surface area contributed by atoms with Crippen LogP contribution in [0.15, 0.2) is 0 Å². The summed E-state index contributed by atoms with van der Waals surface area (Å²) >= 11 is 0. The SMILES string of the molecule is CCOC(=O)C(C)(N)CCN(C)C1CCOC1. The Labute approximate surface area is 103 Å². The number of hydrogen-bond donors (Lipinski definition) is 1. The smallest absolute Gasteiger partial charge is 0.325 e. The molecule has 0 amide bonds. The number of nitrogens with zero attached hydrogens (tertiary/aromatic N) is 1. The molecule has 1 aliphatic heterocycles. The molecule has 0 aromatic heterocycles. The molecule has 100 valence electrons. The first-order valence-electron chi connectivity index (χ1n) is 6.21. The molecular weight excluding hydrogens is 220 g/mol. The zero-order chi connectivity index (χ0) is 12.9. The summed E-state index contributed by atoms with van der Waals surface area (Å²) in [6.07, 6.45) is 1.65. The number of nitrogens with two attached hydrogens (primary N) is 1. The molecule has 1 rings (SSSR count). The fraction of sp³-hybridized carbons (Fsp3) is 0.917. The zero-order valence-electron chi connectivity index (χ0n) is 11.1. The van der Waals surface area contributed by atoms with Gasteiger partial charge in [-0.1, -0.05) is 0 Å². The highest BCUT2D eigenvalue weighted by Gasteiger charge is 2.31. The summed E-state index contributed by atoms with van der Waals surface area (Å²) in [5.41, 5.74) is 5.06. The van der Waals surface area contributed by atoms with Crippen LogP contribution < -0.4 is 5.73 Å². The minimum absolute atomic E-state index is 0.323. The second kappa shape index (κ2) is 6.33. The molecule has 2 unspecified atom stereocenters. The van der Waals surface area contributed by atoms with Crippen LogP contribution in [0.2, 0.25) is 0 Å². The summed E-state index contributed by atoms with van der Waals surface area (Å²) in [6, 6.07) is 0.452. The summed E-state index contributed by atoms with van der Waals surface area (Å²) in [6.45, 7) is 6.27. The monoisotopic (exact) mass is 244 g/mol. The minimum atomic E-state index is -0.899. The quantitative estimate of drug-likeness (QED) is 0.684. The topological polar surface area (TPSA) is 64.8 Å². The third kappa shape index (κ3) is 4.26. The number of rotatable bonds is 6. The molecule has 2 atom stereocenters. The van der Waals surface area contributed by atoms with Crippen molar-refractivity contribution in [3.8, 4) is 0 Å². The van der Waals surface area contributed by atoms with Gasteiger partial charge in [0.1, 0.15) is 5.54 Å². The van der Waals surface area contributed by atoms with Gasteiger partial charge in [-0.05, 0) is 33.7 Å². The van der Waals surface area contributed by atoms with Gasteiger partial charge in [-0.15, -0.1) is 0 Å². The van der Waals surface area contributed by atoms with E-state index in [1.165, 1.54) is 0 Å². The van der Waals surface area contributed by atoms with Crippen molar-refractivity contribution in [3.05, 3.63) is 0 Å². The van der Waals surface area contributed by atoms with Crippen molar-refractivity contribution in [1.29, 1.82) is 0 Å². The zero-order valence-corrected chi connectivity index (χ0v) is 11.1. The Hall–Kier alpha value is -0.650. The highest BCUT2D eigenvalue weighted by atomic mass is 16.5. The third-order valence-electron chi connectivity index (χ3n) is 3.25. The predicted molar refractivity (Wildman–Crippen MR) is 65.7 cm³/mol. The lowest BCUT2D eigenvalue weighted by atomic mass is 9.99. The van der Waals surface area contributed by atoms with E-state index in [9.17, 15) is 4.79 Å². The molecule has 1 aliphatic rings. The molecule has 0 aromatic carbocycles. The number of hydrogen-bond acceptors (Lipinski definition) is 5. The van der Waals surface area contributed by atoms with E-state index in [1.807, 2.05) is 7.05 Å². The molecule has 0 saturated carbocycles. The van der Waals surface area contributed by atoms with Crippen molar-refractivity contribution in [2.75, 3.05) is 33.4 Å². The van der Waals surface area contributed by atoms with Crippen LogP contribution in [0, 0.1) is 0 Å². The normalized spacial score (nSPS) is 23.7. The average Bonchev–Trinajstić information content (AvgIpc) is 2.79. The standard InChI is InChI=1S/C12H24N2O3/c1-4-17-11(15)12(2,13)6-7-14(3)10-5-8-16-9-10/h10H,4-9,13H2,1-3H3. The van der Waals surface area contributed by atoms with Crippen molar-refractivity contribution in [2.24, 2.45) is 5.73 Å². The number of carbonyl (C=O) groups excluding carboxylic acids is 1. The summed E-state index contributed by atoms with van der Waals surface area (Å²) in [5.74, 6) is -0.323. The maximum absolute atomic E-state index is 11.6. The summed E-state index contributed by atoms with van der Waals surface area (Å²) in [4.78, 5) is 13.8. The van der Waals surface area contributed by atoms with E-state index in [0.29, 0.717) is 19.1 Å². The highest BCUT2D eigenvalue weighted by molar-refractivity contribution is 5.79. The molecule has 5 nitrogen and oxygen atoms in total. The van der Waals surface area contributed by atoms with Gasteiger partial charge in [-0.3, -0.25) is 4.79 Å². The summed E-state index contributed by atoms with van der Waals surface area (Å²) < 4.78 is 10.3. The first kappa shape index (κ1) is 14.4. The molecule has 1 heterocycles. The van der Waals surface area contributed by atoms with Crippen LogP contribution in [0.25, 0.3) is 0 Å². The van der Waals surface area contributed by atoms with Gasteiger partial charge < -0.3 is 20.1 Å². The van der Waals surface area contributed by atoms with E-state index in [0.717, 1.165) is 26.2 Å². The lowest BCUT2D eigenvalue weighted by Crippen LogP contribution is -2.49. The maximum Gasteiger partial charge on any atom is 0.325 e. The van der Waals surface area contributed by atoms with Gasteiger partial charge in [-0.25, -0.2) is 0 Å². The lowest BCUT2D eigenvalue weighted by molar-refractivity contribution is -0.149. The Balaban J connectivity index is 2.34. The Morgan fingerprint density at radius 2 is 2.35 bits per heavy atom. The van der Waals surface area contributed by atoms with Gasteiger partial charge in [-0.2, -0.15) is 0 Å². The van der Waals surface area contributed by atoms with Crippen LogP contribution in [-0.4, -0.2) is 55.9 Å². The molecule has 0 aliphatic carbocycles. The van der Waals surface area contributed by atoms with Crippen molar-refractivity contribution >= 4 is 5.97 Å². The first-order chi connectivity index (χ1) is 7.97. The molecule has 0 radical (unpaired) electrons. The van der Waals surface area contributed by atoms with Crippen LogP contribution in [0.5, 0.6) is 0 Å². The van der Waals surface area contributed by atoms with Gasteiger partial charge in [0.05, 0.1) is 13.2 Å². The Kier molecular flexibility index (Phi) is 5.36. The minimum Gasteiger partial charge on any atom is -0.465 e. The van der Waals surface area contributed by atoms with E-state index in [-0.39, 0.29) is 5.97 Å². The van der Waals surface area contributed by atoms with Crippen molar-refractivity contribution in [2.45, 2.75) is 38.3 Å². The summed E-state index contributed by atoms with van der Waals surface area (Å²) in [7, 11) is 2.04. The van der Waals surface area contributed by atoms with Gasteiger partial charge in [0.2, 0.25) is 0 Å². The van der Waals surface area contributed by atoms with Crippen LogP contribution in [0.3, 0.4) is 0 Å². The third-order valence-corrected chi connectivity index (χ3v) is 3.25. The molecule has 1 fully saturated rings. The molecule has 0 bridgehead atoms. The predicted octanol–water partition coefficient (Wildman–Crippen LogP) is 0.378. The number of esters is 1. The fourth-order valence-corrected chi connectivity index (χ4v) is 1.86. The average molecular weight is 244 g/mol. The molecule has 2 N–H and O–H groups in total. The van der Waals surface area contributed by atoms with E-state index in [4.69, 9.17) is 15.2 Å². The molecule has 1 saturated heterocycles. The van der Waals surface area contributed by atoms with Gasteiger partial charge in [0, 0.05) is 19.2 Å². The summed E-state index contributed by atoms with van der Waals surface area (Å²) in [5, 5.41) is 0. The number of ether oxygens (including phenoxy) is 2. The van der Waals surface area contributed by atoms with Crippen molar-refractivity contribution in [3.63, 3.8) is 0 Å². The van der Waals surface area contributed by atoms with Crippen LogP contribution in [0.1, 0.15) is 26.7 Å². The van der Waals surface area contributed by atoms with Crippen LogP contribution in [0.4, 0.5) is 0 Å². The van der Waals surface area contributed by atoms with Crippen molar-refractivity contribution < 1.29 is 14.3 Å². The largest absolute Gasteiger partial charge is 0.465 e. The molecule has 0 spiro atoms. The highest BCUT2D eigenvalue weighted by Crippen LogP contribution is 2.14. The Bertz CT molecular complexity index is 250. The number of carbonyl (C=O) groups is 1. The van der Waals surface area contributed by atoms with Gasteiger partial charge in [0.25, 0.3) is 0 Å². The van der Waals surface area contributed by atoms with Gasteiger partial charge in [0.15, 0.2) is 0 Å². The van der Waals surface area contributed by atoms with E-state index in [1.54, 1.807) is 13.8 Å². The maximum atomic E-state index is 11.6. The second-order valence-electron chi connectivity index (χ2n) is 4.89. The first-order valence-corrected chi connectivity index (χ1v) is 6.21. The Morgan fingerprint density at radius 3 is 2.88 bits per heavy atom. The van der Waals surface area contributed by atoms with E-state index in [2.05, 4.69) is 4.90 Å². The lowest BCUT2D eigenvalue weighted by Gasteiger charge is -2.28. The van der Waals surface area contributed by atoms with Gasteiger partial charge >= 0.3 is 5.97 Å². The molecule has 0 aromatic rings. The fourth-order valence-electron chi connectivity index (χ4n) is 1.86. The number of likely N-dealkylation sites (N-methyl/N-ethyl adjacent to an activating group) is 1. The van der Waals surface area contributed by atoms with Crippen molar-refractivity contribution in [1.82, 2.24) is 4.90 Å².